The third-order valence-electron chi connectivity index (χ3n) is 5.00. The number of nitrogens with one attached hydrogen (secondary N) is 1. The summed E-state index contributed by atoms with van der Waals surface area (Å²) < 4.78 is 6.19. The zero-order valence-corrected chi connectivity index (χ0v) is 16.7. The maximum Gasteiger partial charge on any atom is 0.336 e. The molecule has 29 heavy (non-hydrogen) atoms. The molecule has 3 heterocycles. The standard InChI is InChI=1S/C22H21N3O3S/c1-2-13-25-20(19(24-22(25)29)16-9-5-6-12-23-16)18-11-10-17(28-18)14-7-3-4-8-15(14)21(26)27/h3-12,19-20H,2,13H2,1H3,(H,24,29)(H,26,27)/t19-,20+/m1/s1. The van der Waals surface area contributed by atoms with Crippen LogP contribution in [0.4, 0.5) is 0 Å². The molecule has 2 N–H and O–H groups in total. The number of nitrogens with zero attached hydrogens (tertiary/aromatic N) is 2. The van der Waals surface area contributed by atoms with Gasteiger partial charge in [0, 0.05) is 18.3 Å². The van der Waals surface area contributed by atoms with E-state index < -0.39 is 5.97 Å². The van der Waals surface area contributed by atoms with E-state index in [0.29, 0.717) is 16.4 Å². The molecule has 4 rings (SSSR count). The quantitative estimate of drug-likeness (QED) is 0.586. The number of hydrogen-bond acceptors (Lipinski definition) is 4. The highest BCUT2D eigenvalue weighted by Crippen LogP contribution is 2.40. The molecule has 0 aliphatic carbocycles. The van der Waals surface area contributed by atoms with Crippen molar-refractivity contribution in [3.63, 3.8) is 0 Å². The average Bonchev–Trinajstić information content (AvgIpc) is 3.34. The molecule has 0 saturated carbocycles. The number of furan rings is 1. The van der Waals surface area contributed by atoms with Gasteiger partial charge in [-0.1, -0.05) is 31.2 Å². The number of aromatic carboxylic acids is 1. The van der Waals surface area contributed by atoms with Crippen molar-refractivity contribution in [1.29, 1.82) is 0 Å². The maximum atomic E-state index is 11.6. The van der Waals surface area contributed by atoms with Gasteiger partial charge in [0.05, 0.1) is 17.3 Å². The van der Waals surface area contributed by atoms with Crippen LogP contribution < -0.4 is 5.32 Å². The van der Waals surface area contributed by atoms with Gasteiger partial charge in [-0.05, 0) is 49.0 Å². The van der Waals surface area contributed by atoms with Crippen LogP contribution in [0, 0.1) is 0 Å². The zero-order valence-electron chi connectivity index (χ0n) is 15.9. The second kappa shape index (κ2) is 8.05. The lowest BCUT2D eigenvalue weighted by molar-refractivity contribution is 0.0697. The first-order valence-electron chi connectivity index (χ1n) is 9.50. The molecule has 148 valence electrons. The van der Waals surface area contributed by atoms with Crippen LogP contribution in [-0.4, -0.2) is 32.6 Å². The summed E-state index contributed by atoms with van der Waals surface area (Å²) in [6.45, 7) is 2.88. The summed E-state index contributed by atoms with van der Waals surface area (Å²) in [7, 11) is 0. The number of hydrogen-bond donors (Lipinski definition) is 2. The summed E-state index contributed by atoms with van der Waals surface area (Å²) in [5.74, 6) is 0.255. The Morgan fingerprint density at radius 2 is 2.00 bits per heavy atom. The molecule has 0 unspecified atom stereocenters. The smallest absolute Gasteiger partial charge is 0.336 e. The van der Waals surface area contributed by atoms with Crippen LogP contribution in [0.5, 0.6) is 0 Å². The van der Waals surface area contributed by atoms with E-state index in [2.05, 4.69) is 22.1 Å². The number of thiocarbonyl (C=S) groups is 1. The van der Waals surface area contributed by atoms with Crippen molar-refractivity contribution >= 4 is 23.3 Å². The molecule has 1 aromatic carbocycles. The minimum Gasteiger partial charge on any atom is -0.478 e. The van der Waals surface area contributed by atoms with Crippen LogP contribution in [0.3, 0.4) is 0 Å². The molecule has 3 aromatic rings. The number of carbonyl (C=O) groups is 1. The van der Waals surface area contributed by atoms with Crippen molar-refractivity contribution < 1.29 is 14.3 Å². The number of pyridine rings is 1. The van der Waals surface area contributed by atoms with Crippen molar-refractivity contribution in [1.82, 2.24) is 15.2 Å². The van der Waals surface area contributed by atoms with Gasteiger partial charge in [-0.25, -0.2) is 4.79 Å². The minimum atomic E-state index is -0.985. The van der Waals surface area contributed by atoms with Gasteiger partial charge in [-0.15, -0.1) is 0 Å². The number of aromatic nitrogens is 1. The number of carboxylic acid groups (broad SMARTS) is 1. The van der Waals surface area contributed by atoms with Crippen LogP contribution in [0.25, 0.3) is 11.3 Å². The van der Waals surface area contributed by atoms with Gasteiger partial charge in [0.2, 0.25) is 0 Å². The summed E-state index contributed by atoms with van der Waals surface area (Å²) in [4.78, 5) is 18.2. The largest absolute Gasteiger partial charge is 0.478 e. The van der Waals surface area contributed by atoms with E-state index >= 15 is 0 Å². The number of benzene rings is 1. The first-order valence-corrected chi connectivity index (χ1v) is 9.91. The van der Waals surface area contributed by atoms with Crippen LogP contribution >= 0.6 is 12.2 Å². The Morgan fingerprint density at radius 1 is 1.21 bits per heavy atom. The van der Waals surface area contributed by atoms with Crippen molar-refractivity contribution in [3.8, 4) is 11.3 Å². The van der Waals surface area contributed by atoms with Crippen LogP contribution in [0.2, 0.25) is 0 Å². The molecule has 1 aliphatic heterocycles. The van der Waals surface area contributed by atoms with E-state index in [1.165, 1.54) is 0 Å². The van der Waals surface area contributed by atoms with E-state index in [4.69, 9.17) is 16.6 Å². The molecular formula is C22H21N3O3S. The predicted octanol–water partition coefficient (Wildman–Crippen LogP) is 4.42. The molecule has 0 amide bonds. The van der Waals surface area contributed by atoms with Gasteiger partial charge in [-0.2, -0.15) is 0 Å². The fourth-order valence-electron chi connectivity index (χ4n) is 3.74. The Hall–Kier alpha value is -3.19. The molecule has 1 aliphatic rings. The normalized spacial score (nSPS) is 18.7. The van der Waals surface area contributed by atoms with Crippen LogP contribution in [-0.2, 0) is 0 Å². The highest BCUT2D eigenvalue weighted by Gasteiger charge is 2.41. The predicted molar refractivity (Wildman–Crippen MR) is 114 cm³/mol. The lowest BCUT2D eigenvalue weighted by Gasteiger charge is -2.25. The Balaban J connectivity index is 1.75. The monoisotopic (exact) mass is 407 g/mol. The number of rotatable bonds is 6. The van der Waals surface area contributed by atoms with Gasteiger partial charge < -0.3 is 19.7 Å². The molecular weight excluding hydrogens is 386 g/mol. The first-order chi connectivity index (χ1) is 14.1. The van der Waals surface area contributed by atoms with Gasteiger partial charge >= 0.3 is 5.97 Å². The van der Waals surface area contributed by atoms with Gasteiger partial charge in [-0.3, -0.25) is 4.98 Å². The van der Waals surface area contributed by atoms with Gasteiger partial charge in [0.25, 0.3) is 0 Å². The lowest BCUT2D eigenvalue weighted by Crippen LogP contribution is -2.30. The van der Waals surface area contributed by atoms with Crippen LogP contribution in [0.15, 0.2) is 65.2 Å². The number of carboxylic acids is 1. The fraction of sp³-hybridized carbons (Fsp3) is 0.227. The molecule has 2 aromatic heterocycles. The first kappa shape index (κ1) is 19.1. The Labute approximate surface area is 174 Å². The Kier molecular flexibility index (Phi) is 5.31. The molecule has 1 fully saturated rings. The second-order valence-corrected chi connectivity index (χ2v) is 7.26. The van der Waals surface area contributed by atoms with E-state index in [1.807, 2.05) is 30.3 Å². The topological polar surface area (TPSA) is 78.6 Å². The van der Waals surface area contributed by atoms with Crippen molar-refractivity contribution in [3.05, 3.63) is 77.8 Å². The van der Waals surface area contributed by atoms with E-state index in [1.54, 1.807) is 30.5 Å². The molecule has 1 saturated heterocycles. The molecule has 2 atom stereocenters. The highest BCUT2D eigenvalue weighted by molar-refractivity contribution is 7.80. The van der Waals surface area contributed by atoms with Crippen molar-refractivity contribution in [2.24, 2.45) is 0 Å². The molecule has 0 radical (unpaired) electrons. The van der Waals surface area contributed by atoms with Crippen molar-refractivity contribution in [2.45, 2.75) is 25.4 Å². The minimum absolute atomic E-state index is 0.149. The SMILES string of the molecule is CCCN1C(=S)N[C@H](c2ccccn2)[C@@H]1c1ccc(-c2ccccc2C(=O)O)o1. The third kappa shape index (κ3) is 3.61. The van der Waals surface area contributed by atoms with E-state index in [-0.39, 0.29) is 17.6 Å². The summed E-state index contributed by atoms with van der Waals surface area (Å²) in [6.07, 6.45) is 2.69. The fourth-order valence-corrected chi connectivity index (χ4v) is 4.07. The van der Waals surface area contributed by atoms with Gasteiger partial charge in [0.1, 0.15) is 17.6 Å². The van der Waals surface area contributed by atoms with Crippen molar-refractivity contribution in [2.75, 3.05) is 6.54 Å². The molecule has 7 heteroatoms. The zero-order chi connectivity index (χ0) is 20.4. The summed E-state index contributed by atoms with van der Waals surface area (Å²) in [5.41, 5.74) is 1.64. The second-order valence-electron chi connectivity index (χ2n) is 6.87. The Bertz CT molecular complexity index is 1030. The summed E-state index contributed by atoms with van der Waals surface area (Å²) in [5, 5.41) is 13.5. The summed E-state index contributed by atoms with van der Waals surface area (Å²) >= 11 is 5.58. The third-order valence-corrected chi connectivity index (χ3v) is 5.36. The Morgan fingerprint density at radius 3 is 2.72 bits per heavy atom. The highest BCUT2D eigenvalue weighted by atomic mass is 32.1. The molecule has 0 spiro atoms. The summed E-state index contributed by atoms with van der Waals surface area (Å²) in [6, 6.07) is 16.0. The van der Waals surface area contributed by atoms with Gasteiger partial charge in [0.15, 0.2) is 5.11 Å². The molecule has 6 nitrogen and oxygen atoms in total. The van der Waals surface area contributed by atoms with E-state index in [0.717, 1.165) is 24.4 Å². The maximum absolute atomic E-state index is 11.6. The lowest BCUT2D eigenvalue weighted by atomic mass is 10.0. The van der Waals surface area contributed by atoms with Crippen LogP contribution in [0.1, 0.15) is 47.2 Å². The molecule has 0 bridgehead atoms. The van der Waals surface area contributed by atoms with E-state index in [9.17, 15) is 9.90 Å². The average molecular weight is 407 g/mol.